The first kappa shape index (κ1) is 15.5. The number of halogens is 1. The van der Waals surface area contributed by atoms with Gasteiger partial charge in [0.15, 0.2) is 5.82 Å². The van der Waals surface area contributed by atoms with E-state index in [1.165, 1.54) is 12.3 Å². The summed E-state index contributed by atoms with van der Waals surface area (Å²) in [7, 11) is -3.71. The fourth-order valence-electron chi connectivity index (χ4n) is 1.98. The Morgan fingerprint density at radius 2 is 2.19 bits per heavy atom. The molecule has 1 aliphatic rings. The van der Waals surface area contributed by atoms with E-state index in [0.717, 1.165) is 6.26 Å². The average molecular weight is 316 g/mol. The van der Waals surface area contributed by atoms with E-state index in [-0.39, 0.29) is 24.1 Å². The Kier molecular flexibility index (Phi) is 4.33. The largest absolute Gasteiger partial charge is 0.296 e. The Labute approximate surface area is 120 Å². The van der Waals surface area contributed by atoms with Crippen LogP contribution in [0.2, 0.25) is 0 Å². The van der Waals surface area contributed by atoms with Gasteiger partial charge in [-0.3, -0.25) is 24.1 Å². The molecule has 0 aromatic carbocycles. The van der Waals surface area contributed by atoms with Gasteiger partial charge in [-0.1, -0.05) is 0 Å². The molecular weight excluding hydrogens is 303 g/mol. The van der Waals surface area contributed by atoms with Gasteiger partial charge in [-0.05, 0) is 12.5 Å². The van der Waals surface area contributed by atoms with Crippen molar-refractivity contribution < 1.29 is 26.6 Å². The third-order valence-corrected chi connectivity index (χ3v) is 3.54. The monoisotopic (exact) mass is 316 g/mol. The number of pyridine rings is 1. The van der Waals surface area contributed by atoms with Crippen LogP contribution in [-0.2, 0) is 30.5 Å². The first-order valence-electron chi connectivity index (χ1n) is 6.09. The summed E-state index contributed by atoms with van der Waals surface area (Å²) in [6, 6.07) is 1.27. The van der Waals surface area contributed by atoms with Crippen LogP contribution in [0.3, 0.4) is 0 Å². The molecule has 0 aliphatic carbocycles. The van der Waals surface area contributed by atoms with Crippen molar-refractivity contribution in [3.05, 3.63) is 29.3 Å². The number of rotatable bonds is 4. The van der Waals surface area contributed by atoms with Crippen molar-refractivity contribution in [2.45, 2.75) is 25.4 Å². The topological polar surface area (TPSA) is 102 Å². The van der Waals surface area contributed by atoms with Crippen molar-refractivity contribution in [3.8, 4) is 0 Å². The minimum Gasteiger partial charge on any atom is -0.296 e. The van der Waals surface area contributed by atoms with Crippen LogP contribution < -0.4 is 5.32 Å². The van der Waals surface area contributed by atoms with Gasteiger partial charge in [0.2, 0.25) is 11.8 Å². The molecule has 0 radical (unpaired) electrons. The fourth-order valence-corrected chi connectivity index (χ4v) is 2.32. The third kappa shape index (κ3) is 3.82. The van der Waals surface area contributed by atoms with Crippen LogP contribution in [0.1, 0.15) is 30.0 Å². The molecule has 9 heteroatoms. The van der Waals surface area contributed by atoms with Crippen LogP contribution in [-0.4, -0.2) is 31.5 Å². The average Bonchev–Trinajstić information content (AvgIpc) is 2.37. The fraction of sp³-hybridized carbons (Fsp3) is 0.417. The van der Waals surface area contributed by atoms with E-state index in [1.54, 1.807) is 0 Å². The number of piperidine rings is 1. The molecule has 1 N–H and O–H groups in total. The first-order valence-corrected chi connectivity index (χ1v) is 7.91. The lowest BCUT2D eigenvalue weighted by molar-refractivity contribution is -0.134. The molecule has 0 saturated carbocycles. The lowest BCUT2D eigenvalue weighted by Gasteiger charge is -2.21. The normalized spacial score (nSPS) is 19.4. The summed E-state index contributed by atoms with van der Waals surface area (Å²) < 4.78 is 40.7. The minimum absolute atomic E-state index is 0.0184. The summed E-state index contributed by atoms with van der Waals surface area (Å²) in [5, 5.41) is 2.12. The van der Waals surface area contributed by atoms with Crippen LogP contribution in [0.5, 0.6) is 0 Å². The highest BCUT2D eigenvalue weighted by atomic mass is 32.2. The van der Waals surface area contributed by atoms with Gasteiger partial charge in [-0.2, -0.15) is 8.42 Å². The second-order valence-corrected chi connectivity index (χ2v) is 6.28. The Morgan fingerprint density at radius 3 is 2.81 bits per heavy atom. The number of amides is 2. The maximum Gasteiger partial charge on any atom is 0.264 e. The molecule has 1 unspecified atom stereocenters. The van der Waals surface area contributed by atoms with E-state index in [1.807, 2.05) is 0 Å². The van der Waals surface area contributed by atoms with Crippen molar-refractivity contribution in [3.63, 3.8) is 0 Å². The van der Waals surface area contributed by atoms with Crippen molar-refractivity contribution in [1.29, 1.82) is 0 Å². The van der Waals surface area contributed by atoms with Gasteiger partial charge in [0.1, 0.15) is 0 Å². The molecule has 1 atom stereocenters. The van der Waals surface area contributed by atoms with E-state index >= 15 is 0 Å². The molecule has 1 aromatic rings. The van der Waals surface area contributed by atoms with Crippen LogP contribution in [0.4, 0.5) is 4.39 Å². The molecule has 2 rings (SSSR count). The quantitative estimate of drug-likeness (QED) is 0.629. The molecule has 1 fully saturated rings. The van der Waals surface area contributed by atoms with E-state index < -0.39 is 40.3 Å². The maximum absolute atomic E-state index is 14.3. The number of imide groups is 1. The summed E-state index contributed by atoms with van der Waals surface area (Å²) in [5.41, 5.74) is -0.135. The summed E-state index contributed by atoms with van der Waals surface area (Å²) in [4.78, 5) is 26.6. The van der Waals surface area contributed by atoms with Crippen molar-refractivity contribution in [2.24, 2.45) is 0 Å². The van der Waals surface area contributed by atoms with E-state index in [0.29, 0.717) is 0 Å². The SMILES string of the molecule is CS(=O)(=O)OCc1ccnc(C2CCC(=O)NC2=O)c1F. The van der Waals surface area contributed by atoms with E-state index in [2.05, 4.69) is 14.5 Å². The Bertz CT molecular complexity index is 689. The third-order valence-electron chi connectivity index (χ3n) is 2.99. The zero-order valence-corrected chi connectivity index (χ0v) is 11.9. The van der Waals surface area contributed by atoms with Gasteiger partial charge in [0, 0.05) is 18.2 Å². The molecule has 0 spiro atoms. The zero-order chi connectivity index (χ0) is 15.6. The second-order valence-electron chi connectivity index (χ2n) is 4.64. The molecule has 7 nitrogen and oxygen atoms in total. The predicted molar refractivity (Wildman–Crippen MR) is 69.0 cm³/mol. The number of hydrogen-bond acceptors (Lipinski definition) is 6. The number of carbonyl (C=O) groups is 2. The van der Waals surface area contributed by atoms with Crippen LogP contribution >= 0.6 is 0 Å². The van der Waals surface area contributed by atoms with Crippen molar-refractivity contribution in [1.82, 2.24) is 10.3 Å². The van der Waals surface area contributed by atoms with Crippen LogP contribution in [0.15, 0.2) is 12.3 Å². The van der Waals surface area contributed by atoms with Gasteiger partial charge >= 0.3 is 0 Å². The van der Waals surface area contributed by atoms with Gasteiger partial charge in [0.05, 0.1) is 24.5 Å². The molecule has 114 valence electrons. The molecule has 1 aromatic heterocycles. The summed E-state index contributed by atoms with van der Waals surface area (Å²) >= 11 is 0. The summed E-state index contributed by atoms with van der Waals surface area (Å²) in [6.07, 6.45) is 2.38. The van der Waals surface area contributed by atoms with Gasteiger partial charge < -0.3 is 0 Å². The number of hydrogen-bond donors (Lipinski definition) is 1. The lowest BCUT2D eigenvalue weighted by Crippen LogP contribution is -2.40. The molecule has 1 aliphatic heterocycles. The van der Waals surface area contributed by atoms with E-state index in [9.17, 15) is 22.4 Å². The van der Waals surface area contributed by atoms with Gasteiger partial charge in [0.25, 0.3) is 10.1 Å². The smallest absolute Gasteiger partial charge is 0.264 e. The van der Waals surface area contributed by atoms with Gasteiger partial charge in [-0.15, -0.1) is 0 Å². The lowest BCUT2D eigenvalue weighted by atomic mass is 9.93. The minimum atomic E-state index is -3.71. The number of nitrogens with zero attached hydrogens (tertiary/aromatic N) is 1. The number of carbonyl (C=O) groups excluding carboxylic acids is 2. The molecule has 2 amide bonds. The second kappa shape index (κ2) is 5.86. The highest BCUT2D eigenvalue weighted by Gasteiger charge is 2.31. The summed E-state index contributed by atoms with van der Waals surface area (Å²) in [5.74, 6) is -2.69. The molecule has 1 saturated heterocycles. The standard InChI is InChI=1S/C12H13FN2O5S/c1-21(18,19)20-6-7-4-5-14-11(10(7)13)8-2-3-9(16)15-12(8)17/h4-5,8H,2-3,6H2,1H3,(H,15,16,17). The Balaban J connectivity index is 2.25. The predicted octanol–water partition coefficient (Wildman–Crippen LogP) is 0.217. The highest BCUT2D eigenvalue weighted by Crippen LogP contribution is 2.26. The van der Waals surface area contributed by atoms with Crippen LogP contribution in [0, 0.1) is 5.82 Å². The maximum atomic E-state index is 14.3. The van der Waals surface area contributed by atoms with E-state index in [4.69, 9.17) is 0 Å². The number of nitrogens with one attached hydrogen (secondary N) is 1. The molecule has 21 heavy (non-hydrogen) atoms. The van der Waals surface area contributed by atoms with Crippen LogP contribution in [0.25, 0.3) is 0 Å². The van der Waals surface area contributed by atoms with Crippen molar-refractivity contribution >= 4 is 21.9 Å². The highest BCUT2D eigenvalue weighted by molar-refractivity contribution is 7.85. The Morgan fingerprint density at radius 1 is 1.48 bits per heavy atom. The summed E-state index contributed by atoms with van der Waals surface area (Å²) in [6.45, 7) is -0.479. The van der Waals surface area contributed by atoms with Gasteiger partial charge in [-0.25, -0.2) is 4.39 Å². The molecular formula is C12H13FN2O5S. The number of aromatic nitrogens is 1. The molecule has 0 bridgehead atoms. The Hall–Kier alpha value is -1.87. The first-order chi connectivity index (χ1) is 9.78. The zero-order valence-electron chi connectivity index (χ0n) is 11.1. The molecule has 2 heterocycles. The van der Waals surface area contributed by atoms with Crippen molar-refractivity contribution in [2.75, 3.05) is 6.26 Å².